The van der Waals surface area contributed by atoms with Crippen molar-refractivity contribution in [2.45, 2.75) is 0 Å². The van der Waals surface area contributed by atoms with Gasteiger partial charge in [0.05, 0.1) is 12.1 Å². The molecule has 0 fully saturated rings. The van der Waals surface area contributed by atoms with E-state index in [9.17, 15) is 9.18 Å². The van der Waals surface area contributed by atoms with Crippen LogP contribution in [0.25, 0.3) is 6.08 Å². The van der Waals surface area contributed by atoms with Gasteiger partial charge in [0, 0.05) is 13.1 Å². The Hall–Kier alpha value is -1.39. The minimum absolute atomic E-state index is 0.0229. The number of carbonyl (C=O) groups excluding carboxylic acids is 1. The fourth-order valence-corrected chi connectivity index (χ4v) is 1.17. The van der Waals surface area contributed by atoms with E-state index in [1.54, 1.807) is 0 Å². The molecule has 0 aromatic heterocycles. The minimum atomic E-state index is -0.487. The number of hydrogen-bond donors (Lipinski definition) is 0. The largest absolute Gasteiger partial charge is 0.274 e. The van der Waals surface area contributed by atoms with Gasteiger partial charge in [-0.1, -0.05) is 17.7 Å². The number of likely N-dealkylation sites (N-methyl/N-ethyl adjacent to an activating group) is 1. The van der Waals surface area contributed by atoms with Crippen molar-refractivity contribution < 1.29 is 14.0 Å². The van der Waals surface area contributed by atoms with Gasteiger partial charge >= 0.3 is 0 Å². The Kier molecular flexibility index (Phi) is 4.46. The topological polar surface area (TPSA) is 29.5 Å². The van der Waals surface area contributed by atoms with Gasteiger partial charge in [-0.05, 0) is 23.8 Å². The van der Waals surface area contributed by atoms with Crippen molar-refractivity contribution in [1.29, 1.82) is 0 Å². The van der Waals surface area contributed by atoms with E-state index < -0.39 is 5.82 Å². The van der Waals surface area contributed by atoms with Crippen molar-refractivity contribution >= 4 is 23.6 Å². The molecule has 0 saturated heterocycles. The van der Waals surface area contributed by atoms with Crippen LogP contribution in [0.5, 0.6) is 0 Å². The summed E-state index contributed by atoms with van der Waals surface area (Å²) in [7, 11) is 2.88. The van der Waals surface area contributed by atoms with Gasteiger partial charge in [-0.15, -0.1) is 0 Å². The van der Waals surface area contributed by atoms with E-state index in [0.29, 0.717) is 5.56 Å². The second-order valence-corrected chi connectivity index (χ2v) is 3.43. The summed E-state index contributed by atoms with van der Waals surface area (Å²) in [4.78, 5) is 16.0. The number of carbonyl (C=O) groups is 1. The van der Waals surface area contributed by atoms with Gasteiger partial charge in [-0.2, -0.15) is 0 Å². The highest BCUT2D eigenvalue weighted by atomic mass is 35.5. The molecule has 1 aromatic rings. The zero-order chi connectivity index (χ0) is 12.1. The maximum atomic E-state index is 12.8. The molecule has 16 heavy (non-hydrogen) atoms. The average molecular weight is 244 g/mol. The van der Waals surface area contributed by atoms with Gasteiger partial charge in [0.1, 0.15) is 5.82 Å². The first kappa shape index (κ1) is 12.7. The first-order chi connectivity index (χ1) is 7.54. The minimum Gasteiger partial charge on any atom is -0.274 e. The van der Waals surface area contributed by atoms with Crippen LogP contribution in [0.3, 0.4) is 0 Å². The highest BCUT2D eigenvalue weighted by Crippen LogP contribution is 2.16. The normalized spacial score (nSPS) is 10.8. The Morgan fingerprint density at radius 2 is 2.25 bits per heavy atom. The molecular weight excluding hydrogens is 233 g/mol. The summed E-state index contributed by atoms with van der Waals surface area (Å²) in [6.45, 7) is 0. The molecule has 86 valence electrons. The van der Waals surface area contributed by atoms with Crippen molar-refractivity contribution in [1.82, 2.24) is 5.06 Å². The van der Waals surface area contributed by atoms with Crippen LogP contribution >= 0.6 is 11.6 Å². The van der Waals surface area contributed by atoms with Crippen LogP contribution in [0.4, 0.5) is 4.39 Å². The molecule has 0 saturated carbocycles. The Bertz CT molecular complexity index is 420. The van der Waals surface area contributed by atoms with Crippen LogP contribution in [0.1, 0.15) is 5.56 Å². The first-order valence-electron chi connectivity index (χ1n) is 4.49. The second-order valence-electron chi connectivity index (χ2n) is 3.03. The third-order valence-corrected chi connectivity index (χ3v) is 2.24. The lowest BCUT2D eigenvalue weighted by atomic mass is 10.2. The summed E-state index contributed by atoms with van der Waals surface area (Å²) < 4.78 is 12.8. The van der Waals surface area contributed by atoms with E-state index in [1.165, 1.54) is 44.5 Å². The number of halogens is 2. The smallest absolute Gasteiger partial charge is 0.269 e. The van der Waals surface area contributed by atoms with Crippen LogP contribution in [-0.4, -0.2) is 25.1 Å². The molecule has 0 aliphatic rings. The zero-order valence-corrected chi connectivity index (χ0v) is 9.66. The van der Waals surface area contributed by atoms with E-state index in [-0.39, 0.29) is 10.9 Å². The third kappa shape index (κ3) is 3.32. The summed E-state index contributed by atoms with van der Waals surface area (Å²) in [5.74, 6) is -0.804. The molecule has 0 radical (unpaired) electrons. The fourth-order valence-electron chi connectivity index (χ4n) is 0.979. The second kappa shape index (κ2) is 5.63. The lowest BCUT2D eigenvalue weighted by Gasteiger charge is -2.09. The SMILES string of the molecule is CON(C)C(=O)/C=C/c1ccc(F)c(Cl)c1. The van der Waals surface area contributed by atoms with Gasteiger partial charge in [-0.25, -0.2) is 9.45 Å². The molecule has 0 unspecified atom stereocenters. The quantitative estimate of drug-likeness (QED) is 0.603. The Morgan fingerprint density at radius 1 is 1.56 bits per heavy atom. The van der Waals surface area contributed by atoms with E-state index in [4.69, 9.17) is 11.6 Å². The Labute approximate surface area is 98.0 Å². The lowest BCUT2D eigenvalue weighted by molar-refractivity contribution is -0.162. The monoisotopic (exact) mass is 243 g/mol. The van der Waals surface area contributed by atoms with Crippen molar-refractivity contribution in [2.75, 3.05) is 14.2 Å². The molecular formula is C11H11ClFNO2. The van der Waals surface area contributed by atoms with E-state index in [2.05, 4.69) is 4.84 Å². The maximum absolute atomic E-state index is 12.8. The molecule has 3 nitrogen and oxygen atoms in total. The molecule has 1 rings (SSSR count). The van der Waals surface area contributed by atoms with E-state index >= 15 is 0 Å². The molecule has 5 heteroatoms. The summed E-state index contributed by atoms with van der Waals surface area (Å²) >= 11 is 5.59. The fraction of sp³-hybridized carbons (Fsp3) is 0.182. The predicted octanol–water partition coefficient (Wildman–Crippen LogP) is 2.51. The average Bonchev–Trinajstić information content (AvgIpc) is 2.29. The number of amides is 1. The van der Waals surface area contributed by atoms with Gasteiger partial charge in [0.2, 0.25) is 0 Å². The maximum Gasteiger partial charge on any atom is 0.269 e. The number of rotatable bonds is 3. The van der Waals surface area contributed by atoms with Crippen LogP contribution in [-0.2, 0) is 9.63 Å². The van der Waals surface area contributed by atoms with E-state index in [0.717, 1.165) is 5.06 Å². The standard InChI is InChI=1S/C11H11ClFNO2/c1-14(16-2)11(15)6-4-8-3-5-10(13)9(12)7-8/h3-7H,1-2H3/b6-4+. The highest BCUT2D eigenvalue weighted by molar-refractivity contribution is 6.30. The van der Waals surface area contributed by atoms with Crippen LogP contribution < -0.4 is 0 Å². The molecule has 0 bridgehead atoms. The van der Waals surface area contributed by atoms with Gasteiger partial charge < -0.3 is 0 Å². The van der Waals surface area contributed by atoms with Crippen molar-refractivity contribution in [3.63, 3.8) is 0 Å². The number of hydrogen-bond acceptors (Lipinski definition) is 2. The van der Waals surface area contributed by atoms with Crippen LogP contribution in [0.15, 0.2) is 24.3 Å². The summed E-state index contributed by atoms with van der Waals surface area (Å²) in [6, 6.07) is 4.21. The summed E-state index contributed by atoms with van der Waals surface area (Å²) in [5, 5.41) is 1.09. The van der Waals surface area contributed by atoms with Gasteiger partial charge in [0.15, 0.2) is 0 Å². The Balaban J connectivity index is 2.77. The third-order valence-electron chi connectivity index (χ3n) is 1.95. The van der Waals surface area contributed by atoms with Crippen molar-refractivity contribution in [3.05, 3.63) is 40.7 Å². The first-order valence-corrected chi connectivity index (χ1v) is 4.87. The highest BCUT2D eigenvalue weighted by Gasteiger charge is 2.03. The number of hydroxylamine groups is 2. The molecule has 1 amide bonds. The number of benzene rings is 1. The van der Waals surface area contributed by atoms with Gasteiger partial charge in [0.25, 0.3) is 5.91 Å². The predicted molar refractivity (Wildman–Crippen MR) is 60.2 cm³/mol. The molecule has 0 aliphatic heterocycles. The molecule has 0 N–H and O–H groups in total. The van der Waals surface area contributed by atoms with Gasteiger partial charge in [-0.3, -0.25) is 9.63 Å². The molecule has 0 aliphatic carbocycles. The van der Waals surface area contributed by atoms with Crippen molar-refractivity contribution in [3.8, 4) is 0 Å². The summed E-state index contributed by atoms with van der Waals surface area (Å²) in [6.07, 6.45) is 2.84. The summed E-state index contributed by atoms with van der Waals surface area (Å²) in [5.41, 5.74) is 0.643. The van der Waals surface area contributed by atoms with Crippen LogP contribution in [0.2, 0.25) is 5.02 Å². The number of nitrogens with zero attached hydrogens (tertiary/aromatic N) is 1. The zero-order valence-electron chi connectivity index (χ0n) is 8.91. The van der Waals surface area contributed by atoms with Crippen LogP contribution in [0, 0.1) is 5.82 Å². The molecule has 0 atom stereocenters. The molecule has 1 aromatic carbocycles. The molecule has 0 heterocycles. The Morgan fingerprint density at radius 3 is 2.81 bits per heavy atom. The van der Waals surface area contributed by atoms with Crippen molar-refractivity contribution in [2.24, 2.45) is 0 Å². The lowest BCUT2D eigenvalue weighted by Crippen LogP contribution is -2.22. The molecule has 0 spiro atoms. The van der Waals surface area contributed by atoms with E-state index in [1.807, 2.05) is 0 Å².